The molecule has 0 saturated heterocycles. The largest absolute Gasteiger partial charge is 0.545 e. The second kappa shape index (κ2) is 8.01. The molecule has 0 bridgehead atoms. The van der Waals surface area contributed by atoms with E-state index in [-0.39, 0.29) is 11.8 Å². The van der Waals surface area contributed by atoms with Gasteiger partial charge in [-0.3, -0.25) is 14.9 Å². The van der Waals surface area contributed by atoms with Crippen LogP contribution in [0.25, 0.3) is 0 Å². The maximum absolute atomic E-state index is 11.2. The maximum atomic E-state index is 11.2. The zero-order valence-electron chi connectivity index (χ0n) is 11.3. The molecule has 1 N–H and O–H groups in total. The smallest absolute Gasteiger partial charge is 0.278 e. The van der Waals surface area contributed by atoms with Crippen LogP contribution in [0.5, 0.6) is 0 Å². The fourth-order valence-electron chi connectivity index (χ4n) is 1.46. The van der Waals surface area contributed by atoms with Crippen molar-refractivity contribution in [1.29, 1.82) is 0 Å². The predicted molar refractivity (Wildman–Crippen MR) is 79.3 cm³/mol. The number of carboxylic acid groups (broad SMARTS) is 1. The summed E-state index contributed by atoms with van der Waals surface area (Å²) < 4.78 is 0. The Morgan fingerprint density at radius 1 is 1.43 bits per heavy atom. The average molecular weight is 329 g/mol. The maximum Gasteiger partial charge on any atom is 0.278 e. The van der Waals surface area contributed by atoms with Crippen molar-refractivity contribution in [3.05, 3.63) is 33.9 Å². The second-order valence-corrected chi connectivity index (χ2v) is 6.46. The van der Waals surface area contributed by atoms with Gasteiger partial charge in [0, 0.05) is 16.7 Å². The van der Waals surface area contributed by atoms with E-state index in [0.29, 0.717) is 10.6 Å². The molecule has 0 heterocycles. The average Bonchev–Trinajstić information content (AvgIpc) is 2.42. The quantitative estimate of drug-likeness (QED) is 0.425. The van der Waals surface area contributed by atoms with Crippen LogP contribution in [0.1, 0.15) is 17.3 Å². The lowest BCUT2D eigenvalue weighted by Crippen LogP contribution is -2.34. The number of nitrogens with zero attached hydrogens (tertiary/aromatic N) is 1. The highest BCUT2D eigenvalue weighted by atomic mass is 33.1. The topological polar surface area (TPSA) is 112 Å². The molecule has 1 rings (SSSR count). The van der Waals surface area contributed by atoms with Crippen molar-refractivity contribution >= 4 is 39.0 Å². The molecule has 0 radical (unpaired) electrons. The van der Waals surface area contributed by atoms with Gasteiger partial charge in [0.15, 0.2) is 0 Å². The molecule has 0 aliphatic rings. The number of aromatic carboxylic acids is 1. The van der Waals surface area contributed by atoms with Crippen molar-refractivity contribution in [3.63, 3.8) is 0 Å². The number of Topliss-reactive ketones (excluding diaryl/α,β-unsaturated/α-hetero) is 1. The molecule has 0 aromatic heterocycles. The summed E-state index contributed by atoms with van der Waals surface area (Å²) in [6, 6.07) is 3.51. The zero-order chi connectivity index (χ0) is 16.0. The van der Waals surface area contributed by atoms with Gasteiger partial charge in [-0.1, -0.05) is 21.6 Å². The Morgan fingerprint density at radius 3 is 2.57 bits per heavy atom. The van der Waals surface area contributed by atoms with Crippen LogP contribution < -0.4 is 10.4 Å². The fourth-order valence-corrected chi connectivity index (χ4v) is 3.83. The van der Waals surface area contributed by atoms with Crippen molar-refractivity contribution < 1.29 is 19.6 Å². The summed E-state index contributed by atoms with van der Waals surface area (Å²) >= 11 is 0. The molecule has 9 heteroatoms. The van der Waals surface area contributed by atoms with Gasteiger partial charge < -0.3 is 15.2 Å². The number of benzene rings is 1. The molecule has 0 aliphatic carbocycles. The van der Waals surface area contributed by atoms with Gasteiger partial charge in [0.1, 0.15) is 5.78 Å². The van der Waals surface area contributed by atoms with Crippen LogP contribution in [0, 0.1) is 10.1 Å². The minimum Gasteiger partial charge on any atom is -0.545 e. The van der Waals surface area contributed by atoms with E-state index >= 15 is 0 Å². The number of nitro benzene ring substituents is 1. The van der Waals surface area contributed by atoms with E-state index in [1.54, 1.807) is 7.05 Å². The van der Waals surface area contributed by atoms with E-state index in [4.69, 9.17) is 0 Å². The van der Waals surface area contributed by atoms with Crippen LogP contribution in [0.15, 0.2) is 23.1 Å². The van der Waals surface area contributed by atoms with Gasteiger partial charge in [-0.2, -0.15) is 0 Å². The van der Waals surface area contributed by atoms with E-state index in [0.717, 1.165) is 6.07 Å². The number of ketones is 1. The van der Waals surface area contributed by atoms with Gasteiger partial charge in [0.2, 0.25) is 0 Å². The summed E-state index contributed by atoms with van der Waals surface area (Å²) in [6.07, 6.45) is 0. The first-order chi connectivity index (χ1) is 9.86. The first-order valence-electron chi connectivity index (χ1n) is 5.83. The number of likely N-dealkylation sites (N-methyl/N-ethyl adjacent to an activating group) is 1. The van der Waals surface area contributed by atoms with Gasteiger partial charge in [-0.15, -0.1) is 0 Å². The van der Waals surface area contributed by atoms with E-state index in [9.17, 15) is 24.8 Å². The van der Waals surface area contributed by atoms with Gasteiger partial charge in [-0.05, 0) is 26.1 Å². The molecule has 7 nitrogen and oxygen atoms in total. The number of hydrogen-bond acceptors (Lipinski definition) is 8. The summed E-state index contributed by atoms with van der Waals surface area (Å²) in [5.74, 6) is -1.09. The lowest BCUT2D eigenvalue weighted by atomic mass is 10.2. The van der Waals surface area contributed by atoms with Crippen molar-refractivity contribution in [1.82, 2.24) is 5.32 Å². The van der Waals surface area contributed by atoms with Crippen LogP contribution in [0.4, 0.5) is 5.69 Å². The second-order valence-electron chi connectivity index (χ2n) is 4.04. The van der Waals surface area contributed by atoms with Gasteiger partial charge in [0.25, 0.3) is 5.69 Å². The Balaban J connectivity index is 2.77. The SMILES string of the molecule is CNC(CSSc1ccc([N+](=O)[O-])c(C(=O)[O-])c1)C(C)=O. The predicted octanol–water partition coefficient (Wildman–Crippen LogP) is 0.876. The highest BCUT2D eigenvalue weighted by Crippen LogP contribution is 2.34. The first-order valence-corrected chi connectivity index (χ1v) is 8.15. The third-order valence-corrected chi connectivity index (χ3v) is 4.99. The Morgan fingerprint density at radius 2 is 2.10 bits per heavy atom. The molecule has 1 unspecified atom stereocenters. The lowest BCUT2D eigenvalue weighted by molar-refractivity contribution is -0.385. The molecule has 0 spiro atoms. The molecule has 1 atom stereocenters. The number of carbonyl (C=O) groups is 2. The van der Waals surface area contributed by atoms with Crippen LogP contribution in [0.3, 0.4) is 0 Å². The number of carbonyl (C=O) groups excluding carboxylic acids is 2. The third kappa shape index (κ3) is 5.03. The molecule has 1 aromatic carbocycles. The van der Waals surface area contributed by atoms with E-state index in [1.165, 1.54) is 40.6 Å². The number of rotatable bonds is 8. The molecule has 0 amide bonds. The number of nitrogens with one attached hydrogen (secondary N) is 1. The van der Waals surface area contributed by atoms with Gasteiger partial charge in [0.05, 0.1) is 22.5 Å². The van der Waals surface area contributed by atoms with Gasteiger partial charge >= 0.3 is 0 Å². The minimum absolute atomic E-state index is 0.00437. The Hall–Kier alpha value is -1.58. The normalized spacial score (nSPS) is 11.9. The molecule has 1 aromatic rings. The minimum atomic E-state index is -1.59. The highest BCUT2D eigenvalue weighted by Gasteiger charge is 2.16. The molecular formula is C12H13N2O5S2-. The third-order valence-electron chi connectivity index (χ3n) is 2.61. The van der Waals surface area contributed by atoms with Crippen molar-refractivity contribution in [2.24, 2.45) is 0 Å². The molecule has 21 heavy (non-hydrogen) atoms. The summed E-state index contributed by atoms with van der Waals surface area (Å²) in [6.45, 7) is 1.48. The first kappa shape index (κ1) is 17.5. The van der Waals surface area contributed by atoms with E-state index < -0.39 is 22.1 Å². The summed E-state index contributed by atoms with van der Waals surface area (Å²) in [7, 11) is 4.27. The fraction of sp³-hybridized carbons (Fsp3) is 0.333. The molecule has 0 saturated carbocycles. The molecule has 114 valence electrons. The van der Waals surface area contributed by atoms with E-state index in [2.05, 4.69) is 5.32 Å². The lowest BCUT2D eigenvalue weighted by Gasteiger charge is -2.11. The molecule has 0 fully saturated rings. The molecule has 0 aliphatic heterocycles. The Bertz CT molecular complexity index is 565. The number of carboxylic acids is 1. The van der Waals surface area contributed by atoms with Crippen LogP contribution in [-0.2, 0) is 4.79 Å². The van der Waals surface area contributed by atoms with Crippen molar-refractivity contribution in [3.8, 4) is 0 Å². The highest BCUT2D eigenvalue weighted by molar-refractivity contribution is 8.76. The Labute approximate surface area is 129 Å². The van der Waals surface area contributed by atoms with E-state index in [1.807, 2.05) is 0 Å². The van der Waals surface area contributed by atoms with Gasteiger partial charge in [-0.25, -0.2) is 0 Å². The van der Waals surface area contributed by atoms with Crippen LogP contribution in [-0.4, -0.2) is 35.5 Å². The van der Waals surface area contributed by atoms with Crippen molar-refractivity contribution in [2.75, 3.05) is 12.8 Å². The summed E-state index contributed by atoms with van der Waals surface area (Å²) in [5.41, 5.74) is -0.955. The van der Waals surface area contributed by atoms with Crippen molar-refractivity contribution in [2.45, 2.75) is 17.9 Å². The monoisotopic (exact) mass is 329 g/mol. The number of nitro groups is 1. The zero-order valence-corrected chi connectivity index (χ0v) is 13.0. The molecular weight excluding hydrogens is 316 g/mol. The number of hydrogen-bond donors (Lipinski definition) is 1. The van der Waals surface area contributed by atoms with Crippen LogP contribution in [0.2, 0.25) is 0 Å². The summed E-state index contributed by atoms with van der Waals surface area (Å²) in [5, 5.41) is 24.5. The standard InChI is InChI=1S/C12H14N2O5S2/c1-7(15)10(13-2)6-20-21-8-3-4-11(14(18)19)9(5-8)12(16)17/h3-5,10,13H,6H2,1-2H3,(H,16,17)/p-1. The van der Waals surface area contributed by atoms with Crippen LogP contribution >= 0.6 is 21.6 Å². The summed E-state index contributed by atoms with van der Waals surface area (Å²) in [4.78, 5) is 32.6. The Kier molecular flexibility index (Phi) is 6.66.